The summed E-state index contributed by atoms with van der Waals surface area (Å²) < 4.78 is 10.7. The minimum absolute atomic E-state index is 0.212. The molecule has 1 amide bonds. The lowest BCUT2D eigenvalue weighted by atomic mass is 10.3. The van der Waals surface area contributed by atoms with Gasteiger partial charge in [0.1, 0.15) is 18.1 Å². The maximum Gasteiger partial charge on any atom is 0.222 e. The number of hydrogen-bond acceptors (Lipinski definition) is 4. The smallest absolute Gasteiger partial charge is 0.222 e. The van der Waals surface area contributed by atoms with Crippen LogP contribution in [0.15, 0.2) is 18.2 Å². The lowest BCUT2D eigenvalue weighted by Gasteiger charge is -2.16. The molecule has 0 atom stereocenters. The molecule has 1 fully saturated rings. The maximum atomic E-state index is 11.4. The first-order valence-electron chi connectivity index (χ1n) is 6.04. The van der Waals surface area contributed by atoms with Crippen LogP contribution in [0.2, 0.25) is 0 Å². The summed E-state index contributed by atoms with van der Waals surface area (Å²) >= 11 is 0. The fraction of sp³-hybridized carbons (Fsp3) is 0.462. The van der Waals surface area contributed by atoms with E-state index < -0.39 is 0 Å². The summed E-state index contributed by atoms with van der Waals surface area (Å²) in [6, 6.07) is 5.26. The first kappa shape index (κ1) is 12.5. The molecule has 1 aromatic rings. The van der Waals surface area contributed by atoms with E-state index in [2.05, 4.69) is 0 Å². The molecular formula is C13H18N2O3. The van der Waals surface area contributed by atoms with E-state index in [-0.39, 0.29) is 5.91 Å². The summed E-state index contributed by atoms with van der Waals surface area (Å²) in [4.78, 5) is 13.2. The van der Waals surface area contributed by atoms with Gasteiger partial charge in [-0.3, -0.25) is 4.79 Å². The standard InChI is InChI=1S/C13H18N2O3/c1-17-11-7-10(14)8-12(9-11)18-6-5-15-4-2-3-13(15)16/h7-9H,2-6,14H2,1H3. The van der Waals surface area contributed by atoms with Gasteiger partial charge in [-0.05, 0) is 6.42 Å². The molecule has 5 nitrogen and oxygen atoms in total. The number of methoxy groups -OCH3 is 1. The first-order chi connectivity index (χ1) is 8.69. The van der Waals surface area contributed by atoms with E-state index in [1.807, 2.05) is 4.90 Å². The number of hydrogen-bond donors (Lipinski definition) is 1. The zero-order valence-corrected chi connectivity index (χ0v) is 10.5. The highest BCUT2D eigenvalue weighted by Crippen LogP contribution is 2.24. The van der Waals surface area contributed by atoms with Crippen LogP contribution in [-0.4, -0.2) is 37.6 Å². The molecule has 0 spiro atoms. The Bertz CT molecular complexity index is 434. The van der Waals surface area contributed by atoms with E-state index in [0.717, 1.165) is 13.0 Å². The van der Waals surface area contributed by atoms with E-state index in [0.29, 0.717) is 36.8 Å². The fourth-order valence-corrected chi connectivity index (χ4v) is 2.01. The van der Waals surface area contributed by atoms with E-state index >= 15 is 0 Å². The fourth-order valence-electron chi connectivity index (χ4n) is 2.01. The van der Waals surface area contributed by atoms with Crippen LogP contribution in [0.5, 0.6) is 11.5 Å². The molecule has 2 N–H and O–H groups in total. The van der Waals surface area contributed by atoms with Crippen molar-refractivity contribution in [1.29, 1.82) is 0 Å². The second-order valence-electron chi connectivity index (χ2n) is 4.27. The third kappa shape index (κ3) is 3.06. The number of nitrogens with two attached hydrogens (primary N) is 1. The number of likely N-dealkylation sites (tertiary alicyclic amines) is 1. The normalized spacial score (nSPS) is 14.9. The summed E-state index contributed by atoms with van der Waals surface area (Å²) in [5.74, 6) is 1.55. The van der Waals surface area contributed by atoms with E-state index in [9.17, 15) is 4.79 Å². The quantitative estimate of drug-likeness (QED) is 0.799. The number of carbonyl (C=O) groups excluding carboxylic acids is 1. The highest BCUT2D eigenvalue weighted by molar-refractivity contribution is 5.78. The Balaban J connectivity index is 1.86. The number of anilines is 1. The predicted octanol–water partition coefficient (Wildman–Crippen LogP) is 1.28. The predicted molar refractivity (Wildman–Crippen MR) is 68.7 cm³/mol. The van der Waals surface area contributed by atoms with Crippen molar-refractivity contribution in [2.75, 3.05) is 32.5 Å². The SMILES string of the molecule is COc1cc(N)cc(OCCN2CCCC2=O)c1. The summed E-state index contributed by atoms with van der Waals surface area (Å²) in [6.07, 6.45) is 1.61. The van der Waals surface area contributed by atoms with Crippen LogP contribution < -0.4 is 15.2 Å². The van der Waals surface area contributed by atoms with E-state index in [4.69, 9.17) is 15.2 Å². The Hall–Kier alpha value is -1.91. The van der Waals surface area contributed by atoms with Crippen LogP contribution >= 0.6 is 0 Å². The molecule has 2 rings (SSSR count). The van der Waals surface area contributed by atoms with Gasteiger partial charge in [0.15, 0.2) is 0 Å². The lowest BCUT2D eigenvalue weighted by Crippen LogP contribution is -2.29. The van der Waals surface area contributed by atoms with Gasteiger partial charge < -0.3 is 20.1 Å². The Morgan fingerprint density at radius 3 is 2.78 bits per heavy atom. The van der Waals surface area contributed by atoms with Gasteiger partial charge in [0.05, 0.1) is 13.7 Å². The van der Waals surface area contributed by atoms with Crippen LogP contribution in [0.4, 0.5) is 5.69 Å². The molecule has 1 aromatic carbocycles. The van der Waals surface area contributed by atoms with Crippen LogP contribution in [-0.2, 0) is 4.79 Å². The number of nitrogen functional groups attached to an aromatic ring is 1. The second-order valence-corrected chi connectivity index (χ2v) is 4.27. The summed E-state index contributed by atoms with van der Waals surface area (Å²) in [6.45, 7) is 1.93. The number of nitrogens with zero attached hydrogens (tertiary/aromatic N) is 1. The van der Waals surface area contributed by atoms with Gasteiger partial charge in [0.2, 0.25) is 5.91 Å². The Morgan fingerprint density at radius 2 is 2.11 bits per heavy atom. The minimum Gasteiger partial charge on any atom is -0.497 e. The van der Waals surface area contributed by atoms with Gasteiger partial charge in [0.25, 0.3) is 0 Å². The number of amides is 1. The minimum atomic E-state index is 0.212. The van der Waals surface area contributed by atoms with Gasteiger partial charge in [-0.15, -0.1) is 0 Å². The molecule has 1 aliphatic rings. The van der Waals surface area contributed by atoms with Crippen LogP contribution in [0.3, 0.4) is 0 Å². The largest absolute Gasteiger partial charge is 0.497 e. The van der Waals surface area contributed by atoms with Gasteiger partial charge in [-0.2, -0.15) is 0 Å². The van der Waals surface area contributed by atoms with Crippen molar-refractivity contribution in [2.45, 2.75) is 12.8 Å². The second kappa shape index (κ2) is 5.62. The van der Waals surface area contributed by atoms with Gasteiger partial charge in [0, 0.05) is 36.9 Å². The van der Waals surface area contributed by atoms with E-state index in [1.165, 1.54) is 0 Å². The highest BCUT2D eigenvalue weighted by atomic mass is 16.5. The Labute approximate surface area is 106 Å². The molecule has 5 heteroatoms. The number of benzene rings is 1. The van der Waals surface area contributed by atoms with Crippen molar-refractivity contribution in [3.05, 3.63) is 18.2 Å². The van der Waals surface area contributed by atoms with Gasteiger partial charge in [-0.25, -0.2) is 0 Å². The van der Waals surface area contributed by atoms with Gasteiger partial charge in [-0.1, -0.05) is 0 Å². The van der Waals surface area contributed by atoms with Crippen molar-refractivity contribution in [3.8, 4) is 11.5 Å². The summed E-state index contributed by atoms with van der Waals surface area (Å²) in [7, 11) is 1.58. The van der Waals surface area contributed by atoms with Crippen molar-refractivity contribution < 1.29 is 14.3 Å². The molecule has 1 heterocycles. The highest BCUT2D eigenvalue weighted by Gasteiger charge is 2.19. The molecule has 0 aliphatic carbocycles. The zero-order chi connectivity index (χ0) is 13.0. The van der Waals surface area contributed by atoms with Crippen LogP contribution in [0, 0.1) is 0 Å². The number of ether oxygens (including phenoxy) is 2. The zero-order valence-electron chi connectivity index (χ0n) is 10.5. The molecule has 0 unspecified atom stereocenters. The molecule has 0 aromatic heterocycles. The van der Waals surface area contributed by atoms with Crippen molar-refractivity contribution >= 4 is 11.6 Å². The molecular weight excluding hydrogens is 232 g/mol. The Kier molecular flexibility index (Phi) is 3.92. The van der Waals surface area contributed by atoms with E-state index in [1.54, 1.807) is 25.3 Å². The molecule has 18 heavy (non-hydrogen) atoms. The number of rotatable bonds is 5. The molecule has 98 valence electrons. The third-order valence-electron chi connectivity index (χ3n) is 2.94. The number of carbonyl (C=O) groups is 1. The topological polar surface area (TPSA) is 64.8 Å². The Morgan fingerprint density at radius 1 is 1.33 bits per heavy atom. The van der Waals surface area contributed by atoms with Crippen molar-refractivity contribution in [1.82, 2.24) is 4.90 Å². The van der Waals surface area contributed by atoms with Crippen LogP contribution in [0.25, 0.3) is 0 Å². The summed E-state index contributed by atoms with van der Waals surface area (Å²) in [5, 5.41) is 0. The molecule has 1 aliphatic heterocycles. The molecule has 0 bridgehead atoms. The monoisotopic (exact) mass is 250 g/mol. The summed E-state index contributed by atoms with van der Waals surface area (Å²) in [5.41, 5.74) is 6.33. The third-order valence-corrected chi connectivity index (χ3v) is 2.94. The molecule has 0 saturated carbocycles. The molecule has 1 saturated heterocycles. The van der Waals surface area contributed by atoms with Crippen molar-refractivity contribution in [2.24, 2.45) is 0 Å². The lowest BCUT2D eigenvalue weighted by molar-refractivity contribution is -0.128. The molecule has 0 radical (unpaired) electrons. The first-order valence-corrected chi connectivity index (χ1v) is 6.04. The van der Waals surface area contributed by atoms with Gasteiger partial charge >= 0.3 is 0 Å². The van der Waals surface area contributed by atoms with Crippen molar-refractivity contribution in [3.63, 3.8) is 0 Å². The average molecular weight is 250 g/mol. The van der Waals surface area contributed by atoms with Crippen LogP contribution in [0.1, 0.15) is 12.8 Å². The average Bonchev–Trinajstić information content (AvgIpc) is 2.74. The maximum absolute atomic E-state index is 11.4.